The summed E-state index contributed by atoms with van der Waals surface area (Å²) < 4.78 is 13.8. The molecule has 4 heteroatoms. The van der Waals surface area contributed by atoms with Crippen molar-refractivity contribution in [1.29, 1.82) is 0 Å². The van der Waals surface area contributed by atoms with Gasteiger partial charge in [0.15, 0.2) is 0 Å². The van der Waals surface area contributed by atoms with Gasteiger partial charge in [-0.1, -0.05) is 13.0 Å². The molecule has 2 nitrogen and oxygen atoms in total. The summed E-state index contributed by atoms with van der Waals surface area (Å²) in [6.07, 6.45) is 3.92. The Morgan fingerprint density at radius 2 is 2.35 bits per heavy atom. The quantitative estimate of drug-likeness (QED) is 0.880. The summed E-state index contributed by atoms with van der Waals surface area (Å²) in [6, 6.07) is 5.68. The van der Waals surface area contributed by atoms with E-state index in [0.717, 1.165) is 17.8 Å². The van der Waals surface area contributed by atoms with Gasteiger partial charge in [0.05, 0.1) is 12.2 Å². The minimum atomic E-state index is -0.255. The molecular weight excluding hydrogens is 235 g/mol. The number of nitrogens with one attached hydrogen (secondary N) is 1. The number of hydrogen-bond acceptors (Lipinski definition) is 3. The second kappa shape index (κ2) is 5.89. The number of thiophene rings is 1. The largest absolute Gasteiger partial charge is 0.306 e. The third kappa shape index (κ3) is 2.90. The zero-order valence-corrected chi connectivity index (χ0v) is 10.5. The van der Waals surface area contributed by atoms with Crippen molar-refractivity contribution >= 4 is 11.3 Å². The summed E-state index contributed by atoms with van der Waals surface area (Å²) in [5.74, 6) is -0.255. The van der Waals surface area contributed by atoms with E-state index < -0.39 is 0 Å². The number of halogens is 1. The molecule has 0 bridgehead atoms. The average molecular weight is 250 g/mol. The van der Waals surface area contributed by atoms with Gasteiger partial charge in [0, 0.05) is 16.6 Å². The van der Waals surface area contributed by atoms with Crippen molar-refractivity contribution in [2.75, 3.05) is 6.54 Å². The van der Waals surface area contributed by atoms with E-state index >= 15 is 0 Å². The van der Waals surface area contributed by atoms with Crippen LogP contribution in [0.5, 0.6) is 0 Å². The lowest BCUT2D eigenvalue weighted by atomic mass is 10.1. The van der Waals surface area contributed by atoms with Crippen LogP contribution in [0.2, 0.25) is 0 Å². The van der Waals surface area contributed by atoms with Crippen LogP contribution in [0.25, 0.3) is 0 Å². The van der Waals surface area contributed by atoms with Crippen molar-refractivity contribution in [2.45, 2.75) is 19.4 Å². The Labute approximate surface area is 105 Å². The van der Waals surface area contributed by atoms with Gasteiger partial charge >= 0.3 is 0 Å². The summed E-state index contributed by atoms with van der Waals surface area (Å²) in [6.45, 7) is 2.96. The molecule has 0 saturated carbocycles. The van der Waals surface area contributed by atoms with Crippen LogP contribution in [0, 0.1) is 5.82 Å². The van der Waals surface area contributed by atoms with E-state index in [-0.39, 0.29) is 11.9 Å². The number of nitrogens with zero attached hydrogens (tertiary/aromatic N) is 1. The maximum Gasteiger partial charge on any atom is 0.146 e. The molecule has 0 aromatic carbocycles. The lowest BCUT2D eigenvalue weighted by molar-refractivity contribution is 0.547. The SMILES string of the molecule is CCCNC(c1cccs1)c1ccncc1F. The first-order valence-electron chi connectivity index (χ1n) is 5.69. The number of pyridine rings is 1. The summed E-state index contributed by atoms with van der Waals surface area (Å²) >= 11 is 1.64. The third-order valence-electron chi connectivity index (χ3n) is 2.54. The molecule has 0 saturated heterocycles. The fourth-order valence-electron chi connectivity index (χ4n) is 1.73. The highest BCUT2D eigenvalue weighted by Gasteiger charge is 2.17. The highest BCUT2D eigenvalue weighted by atomic mass is 32.1. The monoisotopic (exact) mass is 250 g/mol. The lowest BCUT2D eigenvalue weighted by Gasteiger charge is -2.17. The van der Waals surface area contributed by atoms with E-state index in [9.17, 15) is 4.39 Å². The highest BCUT2D eigenvalue weighted by molar-refractivity contribution is 7.10. The van der Waals surface area contributed by atoms with E-state index in [1.807, 2.05) is 17.5 Å². The predicted molar refractivity (Wildman–Crippen MR) is 68.7 cm³/mol. The summed E-state index contributed by atoms with van der Waals surface area (Å²) in [5.41, 5.74) is 0.663. The second-order valence-electron chi connectivity index (χ2n) is 3.80. The first-order chi connectivity index (χ1) is 8.33. The Bertz CT molecular complexity index is 456. The molecule has 0 aliphatic heterocycles. The van der Waals surface area contributed by atoms with Crippen LogP contribution in [0.15, 0.2) is 36.0 Å². The smallest absolute Gasteiger partial charge is 0.146 e. The molecule has 1 N–H and O–H groups in total. The molecule has 17 heavy (non-hydrogen) atoms. The van der Waals surface area contributed by atoms with Crippen LogP contribution in [-0.2, 0) is 0 Å². The zero-order chi connectivity index (χ0) is 12.1. The van der Waals surface area contributed by atoms with Crippen molar-refractivity contribution in [3.8, 4) is 0 Å². The maximum absolute atomic E-state index is 13.8. The topological polar surface area (TPSA) is 24.9 Å². The van der Waals surface area contributed by atoms with Crippen LogP contribution < -0.4 is 5.32 Å². The van der Waals surface area contributed by atoms with Gasteiger partial charge in [-0.2, -0.15) is 0 Å². The molecular formula is C13H15FN2S. The molecule has 1 unspecified atom stereocenters. The van der Waals surface area contributed by atoms with Gasteiger partial charge in [-0.3, -0.25) is 4.98 Å². The van der Waals surface area contributed by atoms with Crippen LogP contribution in [0.3, 0.4) is 0 Å². The standard InChI is InChI=1S/C13H15FN2S/c1-2-6-16-13(12-4-3-8-17-12)10-5-7-15-9-11(10)14/h3-5,7-9,13,16H,2,6H2,1H3. The van der Waals surface area contributed by atoms with Gasteiger partial charge in [0.25, 0.3) is 0 Å². The molecule has 0 amide bonds. The van der Waals surface area contributed by atoms with Gasteiger partial charge in [-0.25, -0.2) is 4.39 Å². The van der Waals surface area contributed by atoms with Gasteiger partial charge in [0.1, 0.15) is 5.82 Å². The van der Waals surface area contributed by atoms with Gasteiger partial charge in [-0.05, 0) is 30.5 Å². The van der Waals surface area contributed by atoms with Crippen molar-refractivity contribution in [3.05, 3.63) is 52.2 Å². The highest BCUT2D eigenvalue weighted by Crippen LogP contribution is 2.27. The lowest BCUT2D eigenvalue weighted by Crippen LogP contribution is -2.23. The Morgan fingerprint density at radius 1 is 1.47 bits per heavy atom. The van der Waals surface area contributed by atoms with Crippen LogP contribution in [0.1, 0.15) is 29.8 Å². The zero-order valence-electron chi connectivity index (χ0n) is 9.69. The molecule has 0 spiro atoms. The van der Waals surface area contributed by atoms with Gasteiger partial charge < -0.3 is 5.32 Å². The molecule has 2 aromatic heterocycles. The minimum Gasteiger partial charge on any atom is -0.306 e. The number of rotatable bonds is 5. The molecule has 2 aromatic rings. The predicted octanol–water partition coefficient (Wildman–Crippen LogP) is 3.37. The van der Waals surface area contributed by atoms with E-state index in [1.165, 1.54) is 6.20 Å². The van der Waals surface area contributed by atoms with Crippen molar-refractivity contribution in [2.24, 2.45) is 0 Å². The molecule has 90 valence electrons. The Hall–Kier alpha value is -1.26. The van der Waals surface area contributed by atoms with Gasteiger partial charge in [0.2, 0.25) is 0 Å². The fraction of sp³-hybridized carbons (Fsp3) is 0.308. The van der Waals surface area contributed by atoms with Crippen LogP contribution >= 0.6 is 11.3 Å². The van der Waals surface area contributed by atoms with Crippen LogP contribution in [0.4, 0.5) is 4.39 Å². The first-order valence-corrected chi connectivity index (χ1v) is 6.57. The normalized spacial score (nSPS) is 12.6. The third-order valence-corrected chi connectivity index (χ3v) is 3.48. The number of aromatic nitrogens is 1. The summed E-state index contributed by atoms with van der Waals surface area (Å²) in [4.78, 5) is 4.92. The summed E-state index contributed by atoms with van der Waals surface area (Å²) in [5, 5.41) is 5.38. The molecule has 2 heterocycles. The molecule has 2 rings (SSSR count). The molecule has 0 radical (unpaired) electrons. The van der Waals surface area contributed by atoms with E-state index in [2.05, 4.69) is 17.2 Å². The number of hydrogen-bond donors (Lipinski definition) is 1. The fourth-order valence-corrected chi connectivity index (χ4v) is 2.55. The Balaban J connectivity index is 2.30. The minimum absolute atomic E-state index is 0.0713. The van der Waals surface area contributed by atoms with Gasteiger partial charge in [-0.15, -0.1) is 11.3 Å². The average Bonchev–Trinajstić information content (AvgIpc) is 2.85. The Morgan fingerprint density at radius 3 is 3.00 bits per heavy atom. The molecule has 0 aliphatic carbocycles. The van der Waals surface area contributed by atoms with E-state index in [1.54, 1.807) is 23.6 Å². The summed E-state index contributed by atoms with van der Waals surface area (Å²) in [7, 11) is 0. The van der Waals surface area contributed by atoms with Crippen LogP contribution in [-0.4, -0.2) is 11.5 Å². The first kappa shape index (κ1) is 12.2. The molecule has 1 atom stereocenters. The van der Waals surface area contributed by atoms with E-state index in [0.29, 0.717) is 5.56 Å². The van der Waals surface area contributed by atoms with Crippen molar-refractivity contribution < 1.29 is 4.39 Å². The maximum atomic E-state index is 13.8. The van der Waals surface area contributed by atoms with Crippen molar-refractivity contribution in [1.82, 2.24) is 10.3 Å². The Kier molecular flexibility index (Phi) is 4.23. The molecule has 0 aliphatic rings. The molecule has 0 fully saturated rings. The van der Waals surface area contributed by atoms with Crippen molar-refractivity contribution in [3.63, 3.8) is 0 Å². The van der Waals surface area contributed by atoms with E-state index in [4.69, 9.17) is 0 Å². The second-order valence-corrected chi connectivity index (χ2v) is 4.78.